The maximum Gasteiger partial charge on any atom is 0.303 e. The third-order valence-electron chi connectivity index (χ3n) is 7.09. The number of nitrogens with zero attached hydrogens (tertiary/aromatic N) is 1. The predicted octanol–water partition coefficient (Wildman–Crippen LogP) is 3.63. The number of imidazole rings is 1. The number of primary amides is 1. The van der Waals surface area contributed by atoms with E-state index in [0.29, 0.717) is 12.1 Å². The fraction of sp³-hybridized carbons (Fsp3) is 0.242. The fourth-order valence-corrected chi connectivity index (χ4v) is 4.71. The average molecular weight is 582 g/mol. The summed E-state index contributed by atoms with van der Waals surface area (Å²) in [5, 5.41) is 14.2. The SMILES string of the molecule is NC(=O)C(CCCC(=O)O)NC(=O)C(Cc1cnc[nH]1)NC(=O)CCc1ccc(-c2ccc(-c3ccccc3)cc2)cc1. The number of hydrogen-bond donors (Lipinski definition) is 5. The van der Waals surface area contributed by atoms with E-state index in [9.17, 15) is 19.2 Å². The standard InChI is InChI=1S/C33H35N5O5/c34-32(42)28(7-4-8-31(40)41)38-33(43)29(19-27-20-35-21-36-27)37-30(39)18-11-22-9-12-24(13-10-22)26-16-14-25(15-17-26)23-5-2-1-3-6-23/h1-3,5-6,9-10,12-17,20-21,28-29H,4,7-8,11,18-19H2,(H2,34,42)(H,35,36)(H,37,39)(H,38,43)(H,40,41). The number of nitrogens with two attached hydrogens (primary N) is 1. The number of nitrogens with one attached hydrogen (secondary N) is 3. The van der Waals surface area contributed by atoms with Crippen molar-refractivity contribution in [3.8, 4) is 22.3 Å². The summed E-state index contributed by atoms with van der Waals surface area (Å²) in [7, 11) is 0. The summed E-state index contributed by atoms with van der Waals surface area (Å²) in [5.41, 5.74) is 11.5. The van der Waals surface area contributed by atoms with E-state index in [1.807, 2.05) is 42.5 Å². The molecule has 10 heteroatoms. The van der Waals surface area contributed by atoms with Crippen molar-refractivity contribution in [2.24, 2.45) is 5.73 Å². The number of carbonyl (C=O) groups is 4. The summed E-state index contributed by atoms with van der Waals surface area (Å²) >= 11 is 0. The lowest BCUT2D eigenvalue weighted by atomic mass is 9.99. The van der Waals surface area contributed by atoms with Gasteiger partial charge in [0.05, 0.1) is 6.33 Å². The average Bonchev–Trinajstić information content (AvgIpc) is 3.53. The van der Waals surface area contributed by atoms with Gasteiger partial charge in [-0.3, -0.25) is 19.2 Å². The number of amides is 3. The molecule has 43 heavy (non-hydrogen) atoms. The number of aromatic nitrogens is 2. The highest BCUT2D eigenvalue weighted by Gasteiger charge is 2.26. The molecule has 0 aliphatic carbocycles. The zero-order chi connectivity index (χ0) is 30.6. The van der Waals surface area contributed by atoms with Crippen LogP contribution in [0.5, 0.6) is 0 Å². The Bertz CT molecular complexity index is 1500. The Balaban J connectivity index is 1.33. The first-order valence-electron chi connectivity index (χ1n) is 14.1. The highest BCUT2D eigenvalue weighted by molar-refractivity contribution is 5.91. The maximum atomic E-state index is 13.1. The van der Waals surface area contributed by atoms with Crippen molar-refractivity contribution in [1.82, 2.24) is 20.6 Å². The molecule has 0 aliphatic rings. The van der Waals surface area contributed by atoms with Crippen LogP contribution >= 0.6 is 0 Å². The Morgan fingerprint density at radius 1 is 0.791 bits per heavy atom. The van der Waals surface area contributed by atoms with Gasteiger partial charge in [0.2, 0.25) is 17.7 Å². The van der Waals surface area contributed by atoms with Crippen LogP contribution < -0.4 is 16.4 Å². The highest BCUT2D eigenvalue weighted by Crippen LogP contribution is 2.25. The molecule has 0 fully saturated rings. The summed E-state index contributed by atoms with van der Waals surface area (Å²) in [4.78, 5) is 55.5. The Morgan fingerprint density at radius 3 is 1.95 bits per heavy atom. The van der Waals surface area contributed by atoms with E-state index in [1.165, 1.54) is 6.33 Å². The number of hydrogen-bond acceptors (Lipinski definition) is 5. The minimum Gasteiger partial charge on any atom is -0.481 e. The van der Waals surface area contributed by atoms with E-state index in [1.54, 1.807) is 6.20 Å². The van der Waals surface area contributed by atoms with E-state index < -0.39 is 29.9 Å². The normalized spacial score (nSPS) is 12.2. The first kappa shape index (κ1) is 30.7. The largest absolute Gasteiger partial charge is 0.481 e. The van der Waals surface area contributed by atoms with E-state index in [-0.39, 0.29) is 38.0 Å². The first-order chi connectivity index (χ1) is 20.8. The summed E-state index contributed by atoms with van der Waals surface area (Å²) < 4.78 is 0. The highest BCUT2D eigenvalue weighted by atomic mass is 16.4. The molecule has 0 saturated heterocycles. The maximum absolute atomic E-state index is 13.1. The van der Waals surface area contributed by atoms with E-state index >= 15 is 0 Å². The molecular formula is C33H35N5O5. The lowest BCUT2D eigenvalue weighted by Gasteiger charge is -2.21. The molecule has 1 heterocycles. The van der Waals surface area contributed by atoms with Gasteiger partial charge in [0.15, 0.2) is 0 Å². The number of rotatable bonds is 15. The van der Waals surface area contributed by atoms with Crippen LogP contribution in [0.4, 0.5) is 0 Å². The zero-order valence-electron chi connectivity index (χ0n) is 23.7. The second-order valence-corrected chi connectivity index (χ2v) is 10.3. The molecular weight excluding hydrogens is 546 g/mol. The van der Waals surface area contributed by atoms with Crippen LogP contribution in [0.1, 0.15) is 36.9 Å². The van der Waals surface area contributed by atoms with Crippen LogP contribution in [-0.4, -0.2) is 50.8 Å². The third-order valence-corrected chi connectivity index (χ3v) is 7.09. The summed E-state index contributed by atoms with van der Waals surface area (Å²) in [6.45, 7) is 0. The third kappa shape index (κ3) is 9.39. The minimum absolute atomic E-state index is 0.0747. The summed E-state index contributed by atoms with van der Waals surface area (Å²) in [6.07, 6.45) is 3.83. The van der Waals surface area contributed by atoms with Crippen LogP contribution in [0.25, 0.3) is 22.3 Å². The van der Waals surface area contributed by atoms with Crippen molar-refractivity contribution in [3.05, 3.63) is 103 Å². The molecule has 3 aromatic carbocycles. The molecule has 3 amide bonds. The second kappa shape index (κ2) is 15.1. The Morgan fingerprint density at radius 2 is 1.40 bits per heavy atom. The van der Waals surface area contributed by atoms with E-state index in [0.717, 1.165) is 27.8 Å². The van der Waals surface area contributed by atoms with Gasteiger partial charge in [0.1, 0.15) is 12.1 Å². The quantitative estimate of drug-likeness (QED) is 0.144. The molecule has 10 nitrogen and oxygen atoms in total. The molecule has 4 aromatic rings. The number of carboxylic acid groups (broad SMARTS) is 1. The Hall–Kier alpha value is -5.25. The summed E-state index contributed by atoms with van der Waals surface area (Å²) in [5.74, 6) is -2.71. The van der Waals surface area contributed by atoms with Crippen molar-refractivity contribution < 1.29 is 24.3 Å². The number of aryl methyl sites for hydroxylation is 1. The smallest absolute Gasteiger partial charge is 0.303 e. The van der Waals surface area contributed by atoms with E-state index in [4.69, 9.17) is 10.8 Å². The van der Waals surface area contributed by atoms with Crippen LogP contribution in [0.2, 0.25) is 0 Å². The minimum atomic E-state index is -1.05. The number of aliphatic carboxylic acids is 1. The van der Waals surface area contributed by atoms with Gasteiger partial charge in [-0.1, -0.05) is 78.9 Å². The fourth-order valence-electron chi connectivity index (χ4n) is 4.71. The molecule has 6 N–H and O–H groups in total. The molecule has 2 atom stereocenters. The van der Waals surface area contributed by atoms with Crippen molar-refractivity contribution >= 4 is 23.7 Å². The molecule has 1 aromatic heterocycles. The van der Waals surface area contributed by atoms with Crippen molar-refractivity contribution in [3.63, 3.8) is 0 Å². The molecule has 0 aliphatic heterocycles. The predicted molar refractivity (Wildman–Crippen MR) is 162 cm³/mol. The van der Waals surface area contributed by atoms with Crippen molar-refractivity contribution in [2.45, 2.75) is 50.6 Å². The van der Waals surface area contributed by atoms with E-state index in [2.05, 4.69) is 57.0 Å². The van der Waals surface area contributed by atoms with Crippen LogP contribution in [0.3, 0.4) is 0 Å². The van der Waals surface area contributed by atoms with Crippen LogP contribution in [0.15, 0.2) is 91.4 Å². The van der Waals surface area contributed by atoms with Crippen molar-refractivity contribution in [2.75, 3.05) is 0 Å². The molecule has 4 rings (SSSR count). The number of aromatic amines is 1. The van der Waals surface area contributed by atoms with Gasteiger partial charge in [-0.2, -0.15) is 0 Å². The van der Waals surface area contributed by atoms with Gasteiger partial charge >= 0.3 is 5.97 Å². The van der Waals surface area contributed by atoms with Gasteiger partial charge < -0.3 is 26.5 Å². The molecule has 0 saturated carbocycles. The molecule has 0 radical (unpaired) electrons. The van der Waals surface area contributed by atoms with Crippen molar-refractivity contribution in [1.29, 1.82) is 0 Å². The Labute approximate surface area is 249 Å². The molecule has 2 unspecified atom stereocenters. The van der Waals surface area contributed by atoms with Gasteiger partial charge in [-0.25, -0.2) is 4.98 Å². The Kier molecular flexibility index (Phi) is 10.8. The monoisotopic (exact) mass is 581 g/mol. The molecule has 0 bridgehead atoms. The van der Waals surface area contributed by atoms with Crippen LogP contribution in [0, 0.1) is 0 Å². The van der Waals surface area contributed by atoms with Gasteiger partial charge in [-0.05, 0) is 47.1 Å². The first-order valence-corrected chi connectivity index (χ1v) is 14.1. The number of carboxylic acids is 1. The number of benzene rings is 3. The second-order valence-electron chi connectivity index (χ2n) is 10.3. The molecule has 222 valence electrons. The lowest BCUT2D eigenvalue weighted by molar-refractivity contribution is -0.137. The van der Waals surface area contributed by atoms with Crippen LogP contribution in [-0.2, 0) is 32.0 Å². The number of carbonyl (C=O) groups excluding carboxylic acids is 3. The zero-order valence-corrected chi connectivity index (χ0v) is 23.7. The van der Waals surface area contributed by atoms with Gasteiger partial charge in [0.25, 0.3) is 0 Å². The van der Waals surface area contributed by atoms with Gasteiger partial charge in [0, 0.05) is 31.2 Å². The summed E-state index contributed by atoms with van der Waals surface area (Å²) in [6, 6.07) is 24.5. The molecule has 0 spiro atoms. The topological polar surface area (TPSA) is 167 Å². The number of H-pyrrole nitrogens is 1. The van der Waals surface area contributed by atoms with Gasteiger partial charge in [-0.15, -0.1) is 0 Å². The lowest BCUT2D eigenvalue weighted by Crippen LogP contribution is -2.53.